The number of aromatic nitrogens is 1. The van der Waals surface area contributed by atoms with Crippen LogP contribution in [-0.4, -0.2) is 10.8 Å². The minimum absolute atomic E-state index is 0.150. The van der Waals surface area contributed by atoms with E-state index in [2.05, 4.69) is 4.98 Å². The van der Waals surface area contributed by atoms with Gasteiger partial charge in [-0.3, -0.25) is 4.79 Å². The number of hydrogen-bond acceptors (Lipinski definition) is 2. The topological polar surface area (TPSA) is 30.0 Å². The number of fused-ring (bicyclic) bond motifs is 1. The summed E-state index contributed by atoms with van der Waals surface area (Å²) in [6, 6.07) is 9.38. The molecular weight excluding hydrogens is 210 g/mol. The van der Waals surface area contributed by atoms with Crippen molar-refractivity contribution in [1.29, 1.82) is 0 Å². The molecule has 15 heavy (non-hydrogen) atoms. The second kappa shape index (κ2) is 3.99. The van der Waals surface area contributed by atoms with E-state index in [0.717, 1.165) is 16.5 Å². The maximum Gasteiger partial charge on any atom is 0.134 e. The molecule has 0 saturated heterocycles. The number of Topliss-reactive ketones (excluding diaryl/α,β-unsaturated/α-hetero) is 1. The van der Waals surface area contributed by atoms with Gasteiger partial charge in [0.15, 0.2) is 0 Å². The Labute approximate surface area is 92.9 Å². The van der Waals surface area contributed by atoms with E-state index in [1.54, 1.807) is 13.0 Å². The number of benzene rings is 1. The third kappa shape index (κ3) is 2.16. The SMILES string of the molecule is CC(=O)Cc1cccc2nc(Cl)ccc12. The quantitative estimate of drug-likeness (QED) is 0.727. The van der Waals surface area contributed by atoms with Gasteiger partial charge in [0, 0.05) is 11.8 Å². The van der Waals surface area contributed by atoms with Crippen molar-refractivity contribution in [3.63, 3.8) is 0 Å². The van der Waals surface area contributed by atoms with E-state index in [9.17, 15) is 4.79 Å². The lowest BCUT2D eigenvalue weighted by Gasteiger charge is -2.03. The minimum atomic E-state index is 0.150. The lowest BCUT2D eigenvalue weighted by Crippen LogP contribution is -1.97. The molecule has 1 heterocycles. The fourth-order valence-electron chi connectivity index (χ4n) is 1.62. The molecule has 3 heteroatoms. The van der Waals surface area contributed by atoms with Crippen LogP contribution in [0.1, 0.15) is 12.5 Å². The summed E-state index contributed by atoms with van der Waals surface area (Å²) in [5, 5.41) is 1.47. The number of ketones is 1. The first-order valence-electron chi connectivity index (χ1n) is 4.70. The van der Waals surface area contributed by atoms with E-state index in [1.165, 1.54) is 0 Å². The molecule has 76 valence electrons. The molecule has 0 atom stereocenters. The molecule has 2 nitrogen and oxygen atoms in total. The van der Waals surface area contributed by atoms with Crippen molar-refractivity contribution in [2.24, 2.45) is 0 Å². The van der Waals surface area contributed by atoms with E-state index in [0.29, 0.717) is 11.6 Å². The van der Waals surface area contributed by atoms with Crippen molar-refractivity contribution in [3.05, 3.63) is 41.0 Å². The first-order valence-corrected chi connectivity index (χ1v) is 5.08. The summed E-state index contributed by atoms with van der Waals surface area (Å²) in [4.78, 5) is 15.3. The molecule has 0 N–H and O–H groups in total. The fourth-order valence-corrected chi connectivity index (χ4v) is 1.77. The highest BCUT2D eigenvalue weighted by Gasteiger charge is 2.04. The molecule has 0 bridgehead atoms. The van der Waals surface area contributed by atoms with Crippen LogP contribution in [0.15, 0.2) is 30.3 Å². The van der Waals surface area contributed by atoms with E-state index >= 15 is 0 Å². The molecule has 0 spiro atoms. The molecule has 2 aromatic rings. The third-order valence-electron chi connectivity index (χ3n) is 2.23. The van der Waals surface area contributed by atoms with Crippen molar-refractivity contribution >= 4 is 28.3 Å². The largest absolute Gasteiger partial charge is 0.300 e. The number of nitrogens with zero attached hydrogens (tertiary/aromatic N) is 1. The van der Waals surface area contributed by atoms with E-state index < -0.39 is 0 Å². The zero-order valence-electron chi connectivity index (χ0n) is 8.33. The highest BCUT2D eigenvalue weighted by atomic mass is 35.5. The molecular formula is C12H10ClNO. The molecule has 0 radical (unpaired) electrons. The molecule has 1 aromatic heterocycles. The van der Waals surface area contributed by atoms with Crippen LogP contribution < -0.4 is 0 Å². The Hall–Kier alpha value is -1.41. The maximum absolute atomic E-state index is 11.1. The van der Waals surface area contributed by atoms with Gasteiger partial charge in [-0.05, 0) is 30.7 Å². The average Bonchev–Trinajstić information content (AvgIpc) is 2.16. The molecule has 2 rings (SSSR count). The predicted octanol–water partition coefficient (Wildman–Crippen LogP) is 3.02. The van der Waals surface area contributed by atoms with E-state index in [1.807, 2.05) is 24.3 Å². The van der Waals surface area contributed by atoms with Crippen molar-refractivity contribution in [3.8, 4) is 0 Å². The number of hydrogen-bond donors (Lipinski definition) is 0. The Morgan fingerprint density at radius 2 is 2.13 bits per heavy atom. The Kier molecular flexibility index (Phi) is 2.69. The highest BCUT2D eigenvalue weighted by Crippen LogP contribution is 2.19. The first kappa shape index (κ1) is 10.1. The number of halogens is 1. The lowest BCUT2D eigenvalue weighted by molar-refractivity contribution is -0.116. The second-order valence-electron chi connectivity index (χ2n) is 3.50. The van der Waals surface area contributed by atoms with Crippen molar-refractivity contribution in [1.82, 2.24) is 4.98 Å². The van der Waals surface area contributed by atoms with Gasteiger partial charge in [-0.1, -0.05) is 23.7 Å². The van der Waals surface area contributed by atoms with Gasteiger partial charge in [0.25, 0.3) is 0 Å². The van der Waals surface area contributed by atoms with Gasteiger partial charge >= 0.3 is 0 Å². The van der Waals surface area contributed by atoms with Crippen LogP contribution in [0.3, 0.4) is 0 Å². The summed E-state index contributed by atoms with van der Waals surface area (Å²) < 4.78 is 0. The monoisotopic (exact) mass is 219 g/mol. The van der Waals surface area contributed by atoms with Gasteiger partial charge < -0.3 is 0 Å². The zero-order valence-corrected chi connectivity index (χ0v) is 9.08. The van der Waals surface area contributed by atoms with Gasteiger partial charge in [0.1, 0.15) is 10.9 Å². The van der Waals surface area contributed by atoms with Gasteiger partial charge in [0.2, 0.25) is 0 Å². The maximum atomic E-state index is 11.1. The second-order valence-corrected chi connectivity index (χ2v) is 3.88. The summed E-state index contributed by atoms with van der Waals surface area (Å²) in [7, 11) is 0. The van der Waals surface area contributed by atoms with Crippen molar-refractivity contribution in [2.45, 2.75) is 13.3 Å². The van der Waals surface area contributed by atoms with Crippen LogP contribution in [0.2, 0.25) is 5.15 Å². The summed E-state index contributed by atoms with van der Waals surface area (Å²) in [5.74, 6) is 0.150. The third-order valence-corrected chi connectivity index (χ3v) is 2.44. The zero-order chi connectivity index (χ0) is 10.8. The number of rotatable bonds is 2. The minimum Gasteiger partial charge on any atom is -0.300 e. The molecule has 0 aliphatic rings. The summed E-state index contributed by atoms with van der Waals surface area (Å²) in [6.07, 6.45) is 0.445. The predicted molar refractivity (Wildman–Crippen MR) is 61.1 cm³/mol. The van der Waals surface area contributed by atoms with Gasteiger partial charge in [-0.15, -0.1) is 0 Å². The van der Waals surface area contributed by atoms with Crippen molar-refractivity contribution < 1.29 is 4.79 Å². The molecule has 0 saturated carbocycles. The summed E-state index contributed by atoms with van der Waals surface area (Å²) in [6.45, 7) is 1.59. The Balaban J connectivity index is 2.60. The summed E-state index contributed by atoms with van der Waals surface area (Å²) >= 11 is 5.80. The van der Waals surface area contributed by atoms with Crippen LogP contribution in [0.4, 0.5) is 0 Å². The molecule has 0 aliphatic heterocycles. The molecule has 0 aliphatic carbocycles. The Bertz CT molecular complexity index is 522. The summed E-state index contributed by atoms with van der Waals surface area (Å²) in [5.41, 5.74) is 1.84. The average molecular weight is 220 g/mol. The normalized spacial score (nSPS) is 10.5. The molecule has 0 unspecified atom stereocenters. The molecule has 0 fully saturated rings. The lowest BCUT2D eigenvalue weighted by atomic mass is 10.0. The Morgan fingerprint density at radius 3 is 2.87 bits per heavy atom. The van der Waals surface area contributed by atoms with E-state index in [-0.39, 0.29) is 5.78 Å². The van der Waals surface area contributed by atoms with Crippen LogP contribution in [0.25, 0.3) is 10.9 Å². The smallest absolute Gasteiger partial charge is 0.134 e. The van der Waals surface area contributed by atoms with Crippen LogP contribution in [0.5, 0.6) is 0 Å². The van der Waals surface area contributed by atoms with Gasteiger partial charge in [-0.2, -0.15) is 0 Å². The van der Waals surface area contributed by atoms with E-state index in [4.69, 9.17) is 11.6 Å². The van der Waals surface area contributed by atoms with Gasteiger partial charge in [0.05, 0.1) is 5.52 Å². The first-order chi connectivity index (χ1) is 7.16. The van der Waals surface area contributed by atoms with Crippen LogP contribution in [0, 0.1) is 0 Å². The van der Waals surface area contributed by atoms with Crippen LogP contribution >= 0.6 is 11.6 Å². The standard InChI is InChI=1S/C12H10ClNO/c1-8(15)7-9-3-2-4-11-10(9)5-6-12(13)14-11/h2-6H,7H2,1H3. The molecule has 1 aromatic carbocycles. The highest BCUT2D eigenvalue weighted by molar-refractivity contribution is 6.29. The Morgan fingerprint density at radius 1 is 1.33 bits per heavy atom. The number of pyridine rings is 1. The molecule has 0 amide bonds. The van der Waals surface area contributed by atoms with Crippen LogP contribution in [-0.2, 0) is 11.2 Å². The fraction of sp³-hybridized carbons (Fsp3) is 0.167. The number of carbonyl (C=O) groups excluding carboxylic acids is 1. The number of carbonyl (C=O) groups is 1. The van der Waals surface area contributed by atoms with Crippen molar-refractivity contribution in [2.75, 3.05) is 0 Å². The van der Waals surface area contributed by atoms with Gasteiger partial charge in [-0.25, -0.2) is 4.98 Å².